The third-order valence-corrected chi connectivity index (χ3v) is 5.55. The summed E-state index contributed by atoms with van der Waals surface area (Å²) in [6.07, 6.45) is 4.36. The van der Waals surface area contributed by atoms with Gasteiger partial charge in [0.05, 0.1) is 12.2 Å². The molecule has 1 aromatic carbocycles. The molecule has 1 saturated carbocycles. The van der Waals surface area contributed by atoms with E-state index in [1.807, 2.05) is 12.2 Å². The number of esters is 1. The van der Waals surface area contributed by atoms with Gasteiger partial charge in [-0.1, -0.05) is 30.4 Å². The van der Waals surface area contributed by atoms with Crippen LogP contribution < -0.4 is 4.74 Å². The predicted octanol–water partition coefficient (Wildman–Crippen LogP) is 5.12. The van der Waals surface area contributed by atoms with Crippen LogP contribution in [0.2, 0.25) is 0 Å². The molecule has 5 nitrogen and oxygen atoms in total. The first-order chi connectivity index (χ1) is 15.2. The fourth-order valence-electron chi connectivity index (χ4n) is 3.92. The van der Waals surface area contributed by atoms with Gasteiger partial charge in [-0.15, -0.1) is 0 Å². The zero-order valence-electron chi connectivity index (χ0n) is 18.8. The molecule has 0 amide bonds. The van der Waals surface area contributed by atoms with E-state index >= 15 is 0 Å². The molecule has 0 heterocycles. The highest BCUT2D eigenvalue weighted by atomic mass is 19.3. The molecule has 0 unspecified atom stereocenters. The van der Waals surface area contributed by atoms with Crippen molar-refractivity contribution in [3.05, 3.63) is 42.5 Å². The van der Waals surface area contributed by atoms with E-state index in [1.165, 1.54) is 0 Å². The van der Waals surface area contributed by atoms with Crippen molar-refractivity contribution in [2.45, 2.75) is 76.9 Å². The number of benzene rings is 1. The molecular weight excluding hydrogens is 418 g/mol. The van der Waals surface area contributed by atoms with Gasteiger partial charge in [-0.05, 0) is 57.6 Å². The Bertz CT molecular complexity index is 748. The molecule has 7 heteroatoms. The lowest BCUT2D eigenvalue weighted by Gasteiger charge is -2.23. The minimum atomic E-state index is -3.05. The van der Waals surface area contributed by atoms with E-state index in [4.69, 9.17) is 9.47 Å². The SMILES string of the molecule is CC(C)OC(=O)CCC/C=C\C[C@H]1C(=O)C[C@@H](O)[C@@H]1CCC(F)(F)COc1ccccc1. The van der Waals surface area contributed by atoms with Gasteiger partial charge in [0.15, 0.2) is 6.61 Å². The van der Waals surface area contributed by atoms with Crippen molar-refractivity contribution in [2.75, 3.05) is 6.61 Å². The van der Waals surface area contributed by atoms with Gasteiger partial charge in [-0.2, -0.15) is 0 Å². The van der Waals surface area contributed by atoms with Crippen LogP contribution in [-0.2, 0) is 14.3 Å². The lowest BCUT2D eigenvalue weighted by atomic mass is 9.86. The summed E-state index contributed by atoms with van der Waals surface area (Å²) in [6.45, 7) is 2.86. The lowest BCUT2D eigenvalue weighted by Crippen LogP contribution is -2.29. The van der Waals surface area contributed by atoms with Crippen LogP contribution in [0.4, 0.5) is 8.78 Å². The first-order valence-corrected chi connectivity index (χ1v) is 11.3. The van der Waals surface area contributed by atoms with E-state index in [1.54, 1.807) is 44.2 Å². The fraction of sp³-hybridized carbons (Fsp3) is 0.600. The molecule has 0 bridgehead atoms. The average molecular weight is 453 g/mol. The van der Waals surface area contributed by atoms with Crippen molar-refractivity contribution < 1.29 is 33.0 Å². The summed E-state index contributed by atoms with van der Waals surface area (Å²) in [5.74, 6) is -3.94. The summed E-state index contributed by atoms with van der Waals surface area (Å²) in [4.78, 5) is 23.8. The van der Waals surface area contributed by atoms with Gasteiger partial charge < -0.3 is 14.6 Å². The number of allylic oxidation sites excluding steroid dienone is 2. The normalized spacial score (nSPS) is 21.4. The lowest BCUT2D eigenvalue weighted by molar-refractivity contribution is -0.147. The molecule has 1 N–H and O–H groups in total. The first-order valence-electron chi connectivity index (χ1n) is 11.3. The number of aliphatic hydroxyl groups excluding tert-OH is 1. The summed E-state index contributed by atoms with van der Waals surface area (Å²) < 4.78 is 38.9. The van der Waals surface area contributed by atoms with Crippen molar-refractivity contribution in [3.63, 3.8) is 0 Å². The van der Waals surface area contributed by atoms with Gasteiger partial charge in [0.25, 0.3) is 5.92 Å². The quantitative estimate of drug-likeness (QED) is 0.256. The second-order valence-electron chi connectivity index (χ2n) is 8.64. The van der Waals surface area contributed by atoms with Gasteiger partial charge in [-0.3, -0.25) is 9.59 Å². The number of carbonyl (C=O) groups is 2. The molecule has 0 aromatic heterocycles. The molecule has 0 radical (unpaired) electrons. The van der Waals surface area contributed by atoms with Crippen LogP contribution in [0.3, 0.4) is 0 Å². The average Bonchev–Trinajstić information content (AvgIpc) is 3.00. The Kier molecular flexibility index (Phi) is 10.3. The van der Waals surface area contributed by atoms with Crippen molar-refractivity contribution in [2.24, 2.45) is 11.8 Å². The Morgan fingerprint density at radius 1 is 1.25 bits per heavy atom. The molecule has 2 rings (SSSR count). The van der Waals surface area contributed by atoms with E-state index in [0.717, 1.165) is 0 Å². The smallest absolute Gasteiger partial charge is 0.306 e. The van der Waals surface area contributed by atoms with Gasteiger partial charge in [0, 0.05) is 25.2 Å². The number of aliphatic hydroxyl groups is 1. The molecule has 1 aliphatic carbocycles. The molecule has 3 atom stereocenters. The summed E-state index contributed by atoms with van der Waals surface area (Å²) in [5, 5.41) is 10.2. The zero-order chi connectivity index (χ0) is 23.6. The minimum absolute atomic E-state index is 0.0102. The number of unbranched alkanes of at least 4 members (excludes halogenated alkanes) is 1. The number of ketones is 1. The Hall–Kier alpha value is -2.28. The van der Waals surface area contributed by atoms with E-state index in [-0.39, 0.29) is 30.7 Å². The van der Waals surface area contributed by atoms with Crippen molar-refractivity contribution >= 4 is 11.8 Å². The van der Waals surface area contributed by atoms with Gasteiger partial charge in [0.1, 0.15) is 11.5 Å². The number of Topliss-reactive ketones (excluding diaryl/α,β-unsaturated/α-hetero) is 1. The second-order valence-corrected chi connectivity index (χ2v) is 8.64. The number of halogens is 2. The summed E-state index contributed by atoms with van der Waals surface area (Å²) in [6, 6.07) is 8.43. The number of alkyl halides is 2. The Balaban J connectivity index is 1.77. The summed E-state index contributed by atoms with van der Waals surface area (Å²) >= 11 is 0. The Morgan fingerprint density at radius 2 is 1.97 bits per heavy atom. The highest BCUT2D eigenvalue weighted by molar-refractivity contribution is 5.84. The maximum atomic E-state index is 14.3. The number of para-hydroxylation sites is 1. The number of hydrogen-bond donors (Lipinski definition) is 1. The standard InChI is InChI=1S/C25H34F2O5/c1-18(2)32-24(30)13-9-4-3-8-12-20-21(23(29)16-22(20)28)14-15-25(26,27)17-31-19-10-6-5-7-11-19/h3,5-8,10-11,18,20-21,23,29H,4,9,12-17H2,1-2H3/b8-3-/t20-,21-,23-/m1/s1. The third-order valence-electron chi connectivity index (χ3n) is 5.55. The van der Waals surface area contributed by atoms with Crippen molar-refractivity contribution in [1.29, 1.82) is 0 Å². The molecule has 178 valence electrons. The van der Waals surface area contributed by atoms with Crippen molar-refractivity contribution in [3.8, 4) is 5.75 Å². The van der Waals surface area contributed by atoms with Crippen LogP contribution in [-0.4, -0.2) is 41.6 Å². The minimum Gasteiger partial charge on any atom is -0.487 e. The topological polar surface area (TPSA) is 72.8 Å². The van der Waals surface area contributed by atoms with Crippen molar-refractivity contribution in [1.82, 2.24) is 0 Å². The molecule has 0 aliphatic heterocycles. The summed E-state index contributed by atoms with van der Waals surface area (Å²) in [7, 11) is 0. The monoisotopic (exact) mass is 452 g/mol. The van der Waals surface area contributed by atoms with Crippen LogP contribution >= 0.6 is 0 Å². The van der Waals surface area contributed by atoms with Crippen LogP contribution in [0, 0.1) is 11.8 Å². The van der Waals surface area contributed by atoms with Crippen LogP contribution in [0.15, 0.2) is 42.5 Å². The van der Waals surface area contributed by atoms with Crippen LogP contribution in [0.1, 0.15) is 58.8 Å². The van der Waals surface area contributed by atoms with E-state index < -0.39 is 36.9 Å². The molecule has 1 fully saturated rings. The van der Waals surface area contributed by atoms with E-state index in [0.29, 0.717) is 31.4 Å². The van der Waals surface area contributed by atoms with Crippen LogP contribution in [0.25, 0.3) is 0 Å². The number of carbonyl (C=O) groups excluding carboxylic acids is 2. The van der Waals surface area contributed by atoms with E-state index in [9.17, 15) is 23.5 Å². The molecular formula is C25H34F2O5. The maximum absolute atomic E-state index is 14.3. The highest BCUT2D eigenvalue weighted by Gasteiger charge is 2.42. The Labute approximate surface area is 188 Å². The number of ether oxygens (including phenoxy) is 2. The van der Waals surface area contributed by atoms with Crippen LogP contribution in [0.5, 0.6) is 5.75 Å². The zero-order valence-corrected chi connectivity index (χ0v) is 18.8. The molecule has 1 aliphatic rings. The maximum Gasteiger partial charge on any atom is 0.306 e. The second kappa shape index (κ2) is 12.7. The largest absolute Gasteiger partial charge is 0.487 e. The third kappa shape index (κ3) is 9.07. The molecule has 1 aromatic rings. The molecule has 0 saturated heterocycles. The Morgan fingerprint density at radius 3 is 2.66 bits per heavy atom. The van der Waals surface area contributed by atoms with E-state index in [2.05, 4.69) is 0 Å². The predicted molar refractivity (Wildman–Crippen MR) is 118 cm³/mol. The summed E-state index contributed by atoms with van der Waals surface area (Å²) in [5.41, 5.74) is 0. The number of hydrogen-bond acceptors (Lipinski definition) is 5. The van der Waals surface area contributed by atoms with Gasteiger partial charge >= 0.3 is 5.97 Å². The first kappa shape index (κ1) is 26.0. The highest BCUT2D eigenvalue weighted by Crippen LogP contribution is 2.37. The molecule has 0 spiro atoms. The fourth-order valence-corrected chi connectivity index (χ4v) is 3.92. The van der Waals surface area contributed by atoms with Gasteiger partial charge in [-0.25, -0.2) is 8.78 Å². The number of rotatable bonds is 13. The van der Waals surface area contributed by atoms with Gasteiger partial charge in [0.2, 0.25) is 0 Å². The molecule has 32 heavy (non-hydrogen) atoms.